The van der Waals surface area contributed by atoms with E-state index in [1.165, 1.54) is 0 Å². The Bertz CT molecular complexity index is 565. The summed E-state index contributed by atoms with van der Waals surface area (Å²) in [6, 6.07) is 8.11. The van der Waals surface area contributed by atoms with E-state index in [1.807, 2.05) is 30.8 Å². The fourth-order valence-electron chi connectivity index (χ4n) is 2.43. The van der Waals surface area contributed by atoms with Gasteiger partial charge in [0.25, 0.3) is 0 Å². The molecule has 0 saturated heterocycles. The molecule has 0 aliphatic carbocycles. The van der Waals surface area contributed by atoms with E-state index in [9.17, 15) is 0 Å². The molecule has 1 unspecified atom stereocenters. The van der Waals surface area contributed by atoms with Crippen LogP contribution in [0.3, 0.4) is 0 Å². The minimum Gasteiger partial charge on any atom is -0.494 e. The lowest BCUT2D eigenvalue weighted by molar-refractivity contribution is 0.340. The Morgan fingerprint density at radius 3 is 2.57 bits per heavy atom. The SMILES string of the molecule is CCCn1ncc(Cl)c1C(NC)c1ccc(OCC)cc1. The van der Waals surface area contributed by atoms with E-state index in [1.54, 1.807) is 6.20 Å². The highest BCUT2D eigenvalue weighted by molar-refractivity contribution is 6.31. The van der Waals surface area contributed by atoms with Crippen LogP contribution in [-0.4, -0.2) is 23.4 Å². The maximum absolute atomic E-state index is 6.34. The molecule has 0 fully saturated rings. The average molecular weight is 308 g/mol. The number of halogens is 1. The fraction of sp³-hybridized carbons (Fsp3) is 0.438. The molecule has 114 valence electrons. The van der Waals surface area contributed by atoms with Gasteiger partial charge in [0.05, 0.1) is 29.6 Å². The molecule has 21 heavy (non-hydrogen) atoms. The van der Waals surface area contributed by atoms with Crippen molar-refractivity contribution in [3.05, 3.63) is 46.7 Å². The van der Waals surface area contributed by atoms with Crippen LogP contribution >= 0.6 is 11.6 Å². The number of hydrogen-bond acceptors (Lipinski definition) is 3. The molecule has 2 aromatic rings. The van der Waals surface area contributed by atoms with Crippen molar-refractivity contribution in [3.8, 4) is 5.75 Å². The van der Waals surface area contributed by atoms with Crippen molar-refractivity contribution >= 4 is 11.6 Å². The third-order valence-corrected chi connectivity index (χ3v) is 3.65. The number of ether oxygens (including phenoxy) is 1. The predicted molar refractivity (Wildman–Crippen MR) is 86.0 cm³/mol. The number of hydrogen-bond donors (Lipinski definition) is 1. The van der Waals surface area contributed by atoms with Gasteiger partial charge < -0.3 is 10.1 Å². The van der Waals surface area contributed by atoms with Crippen molar-refractivity contribution in [3.63, 3.8) is 0 Å². The monoisotopic (exact) mass is 307 g/mol. The summed E-state index contributed by atoms with van der Waals surface area (Å²) in [5.41, 5.74) is 2.14. The molecule has 0 saturated carbocycles. The molecule has 0 spiro atoms. The molecule has 0 radical (unpaired) electrons. The van der Waals surface area contributed by atoms with Gasteiger partial charge in [-0.05, 0) is 38.1 Å². The number of benzene rings is 1. The van der Waals surface area contributed by atoms with Crippen molar-refractivity contribution in [1.29, 1.82) is 0 Å². The van der Waals surface area contributed by atoms with Crippen LogP contribution in [0.1, 0.15) is 37.6 Å². The molecule has 0 aliphatic heterocycles. The van der Waals surface area contributed by atoms with Gasteiger partial charge in [-0.3, -0.25) is 4.68 Å². The lowest BCUT2D eigenvalue weighted by atomic mass is 10.0. The summed E-state index contributed by atoms with van der Waals surface area (Å²) >= 11 is 6.34. The van der Waals surface area contributed by atoms with Crippen LogP contribution in [-0.2, 0) is 6.54 Å². The lowest BCUT2D eigenvalue weighted by Gasteiger charge is -2.19. The molecule has 1 atom stereocenters. The highest BCUT2D eigenvalue weighted by atomic mass is 35.5. The van der Waals surface area contributed by atoms with Gasteiger partial charge in [-0.15, -0.1) is 0 Å². The molecule has 1 aromatic carbocycles. The Labute approximate surface area is 131 Å². The highest BCUT2D eigenvalue weighted by Crippen LogP contribution is 2.29. The van der Waals surface area contributed by atoms with E-state index in [0.717, 1.165) is 30.0 Å². The number of rotatable bonds is 7. The summed E-state index contributed by atoms with van der Waals surface area (Å²) < 4.78 is 7.46. The second-order valence-electron chi connectivity index (χ2n) is 4.82. The molecule has 0 aliphatic rings. The van der Waals surface area contributed by atoms with Crippen molar-refractivity contribution in [2.75, 3.05) is 13.7 Å². The van der Waals surface area contributed by atoms with E-state index in [-0.39, 0.29) is 6.04 Å². The van der Waals surface area contributed by atoms with Crippen molar-refractivity contribution in [2.24, 2.45) is 0 Å². The molecular formula is C16H22ClN3O. The van der Waals surface area contributed by atoms with E-state index in [0.29, 0.717) is 11.6 Å². The summed E-state index contributed by atoms with van der Waals surface area (Å²) in [5, 5.41) is 8.38. The van der Waals surface area contributed by atoms with Crippen molar-refractivity contribution in [1.82, 2.24) is 15.1 Å². The summed E-state index contributed by atoms with van der Waals surface area (Å²) in [6.07, 6.45) is 2.73. The third kappa shape index (κ3) is 3.57. The predicted octanol–water partition coefficient (Wildman–Crippen LogP) is 3.65. The van der Waals surface area contributed by atoms with Gasteiger partial charge in [-0.25, -0.2) is 0 Å². The zero-order valence-electron chi connectivity index (χ0n) is 12.8. The summed E-state index contributed by atoms with van der Waals surface area (Å²) in [5.74, 6) is 0.879. The van der Waals surface area contributed by atoms with Crippen LogP contribution in [0.5, 0.6) is 5.75 Å². The summed E-state index contributed by atoms with van der Waals surface area (Å²) in [4.78, 5) is 0. The minimum atomic E-state index is 0.0160. The molecule has 4 nitrogen and oxygen atoms in total. The maximum atomic E-state index is 6.34. The second-order valence-corrected chi connectivity index (χ2v) is 5.23. The molecule has 1 aromatic heterocycles. The number of nitrogens with one attached hydrogen (secondary N) is 1. The van der Waals surface area contributed by atoms with Crippen LogP contribution < -0.4 is 10.1 Å². The molecule has 0 bridgehead atoms. The van der Waals surface area contributed by atoms with Gasteiger partial charge in [-0.1, -0.05) is 30.7 Å². The topological polar surface area (TPSA) is 39.1 Å². The highest BCUT2D eigenvalue weighted by Gasteiger charge is 2.20. The van der Waals surface area contributed by atoms with Crippen LogP contribution in [0.25, 0.3) is 0 Å². The summed E-state index contributed by atoms with van der Waals surface area (Å²) in [7, 11) is 1.93. The molecule has 1 N–H and O–H groups in total. The van der Waals surface area contributed by atoms with E-state index in [4.69, 9.17) is 16.3 Å². The normalized spacial score (nSPS) is 12.4. The number of aryl methyl sites for hydroxylation is 1. The van der Waals surface area contributed by atoms with Crippen LogP contribution in [0.2, 0.25) is 5.02 Å². The number of aromatic nitrogens is 2. The zero-order chi connectivity index (χ0) is 15.2. The quantitative estimate of drug-likeness (QED) is 0.848. The van der Waals surface area contributed by atoms with Crippen LogP contribution in [0, 0.1) is 0 Å². The maximum Gasteiger partial charge on any atom is 0.119 e. The van der Waals surface area contributed by atoms with Gasteiger partial charge in [0.15, 0.2) is 0 Å². The van der Waals surface area contributed by atoms with Gasteiger partial charge in [0.1, 0.15) is 5.75 Å². The van der Waals surface area contributed by atoms with Gasteiger partial charge in [0.2, 0.25) is 0 Å². The van der Waals surface area contributed by atoms with Gasteiger partial charge in [-0.2, -0.15) is 5.10 Å². The number of nitrogens with zero attached hydrogens (tertiary/aromatic N) is 2. The minimum absolute atomic E-state index is 0.0160. The van der Waals surface area contributed by atoms with Crippen LogP contribution in [0.4, 0.5) is 0 Å². The van der Waals surface area contributed by atoms with Crippen molar-refractivity contribution in [2.45, 2.75) is 32.9 Å². The first-order chi connectivity index (χ1) is 10.2. The Morgan fingerprint density at radius 1 is 1.29 bits per heavy atom. The molecule has 0 amide bonds. The fourth-order valence-corrected chi connectivity index (χ4v) is 2.68. The summed E-state index contributed by atoms with van der Waals surface area (Å²) in [6.45, 7) is 5.64. The van der Waals surface area contributed by atoms with E-state index >= 15 is 0 Å². The second kappa shape index (κ2) is 7.48. The smallest absolute Gasteiger partial charge is 0.119 e. The molecule has 5 heteroatoms. The lowest BCUT2D eigenvalue weighted by Crippen LogP contribution is -2.22. The Kier molecular flexibility index (Phi) is 5.65. The molecule has 1 heterocycles. The molecule has 2 rings (SSSR count). The third-order valence-electron chi connectivity index (χ3n) is 3.36. The van der Waals surface area contributed by atoms with E-state index < -0.39 is 0 Å². The average Bonchev–Trinajstić information content (AvgIpc) is 2.84. The molecular weight excluding hydrogens is 286 g/mol. The van der Waals surface area contributed by atoms with Crippen LogP contribution in [0.15, 0.2) is 30.5 Å². The largest absolute Gasteiger partial charge is 0.494 e. The first kappa shape index (κ1) is 15.9. The van der Waals surface area contributed by atoms with E-state index in [2.05, 4.69) is 29.5 Å². The Balaban J connectivity index is 2.32. The zero-order valence-corrected chi connectivity index (χ0v) is 13.5. The van der Waals surface area contributed by atoms with Gasteiger partial charge in [0, 0.05) is 6.54 Å². The first-order valence-electron chi connectivity index (χ1n) is 7.32. The Hall–Kier alpha value is -1.52. The van der Waals surface area contributed by atoms with Crippen molar-refractivity contribution < 1.29 is 4.74 Å². The first-order valence-corrected chi connectivity index (χ1v) is 7.70. The standard InChI is InChI=1S/C16H22ClN3O/c1-4-10-20-16(14(17)11-19-20)15(18-3)12-6-8-13(9-7-12)21-5-2/h6-9,11,15,18H,4-5,10H2,1-3H3. The Morgan fingerprint density at radius 2 is 2.00 bits per heavy atom. The van der Waals surface area contributed by atoms with Gasteiger partial charge >= 0.3 is 0 Å².